The van der Waals surface area contributed by atoms with E-state index in [-0.39, 0.29) is 12.4 Å². The van der Waals surface area contributed by atoms with E-state index in [1.54, 1.807) is 0 Å². The van der Waals surface area contributed by atoms with Gasteiger partial charge < -0.3 is 14.2 Å². The van der Waals surface area contributed by atoms with Crippen molar-refractivity contribution in [1.29, 1.82) is 0 Å². The second-order valence-electron chi connectivity index (χ2n) is 3.31. The van der Waals surface area contributed by atoms with E-state index in [1.165, 1.54) is 0 Å². The Kier molecular flexibility index (Phi) is 3.77. The molecule has 1 aromatic heterocycles. The molecule has 0 spiro atoms. The summed E-state index contributed by atoms with van der Waals surface area (Å²) in [6.45, 7) is 4.51. The zero-order valence-corrected chi connectivity index (χ0v) is 9.26. The van der Waals surface area contributed by atoms with E-state index in [2.05, 4.69) is 17.1 Å². The van der Waals surface area contributed by atoms with Crippen molar-refractivity contribution in [3.05, 3.63) is 11.3 Å². The van der Waals surface area contributed by atoms with Crippen molar-refractivity contribution in [1.82, 2.24) is 10.1 Å². The fraction of sp³-hybridized carbons (Fsp3) is 0.667. The molecule has 0 radical (unpaired) electrons. The number of nitrogens with zero attached hydrogens (tertiary/aromatic N) is 2. The van der Waals surface area contributed by atoms with Crippen LogP contribution in [0.4, 0.5) is 0 Å². The lowest BCUT2D eigenvalue weighted by Gasteiger charge is -2.20. The number of rotatable bonds is 2. The highest BCUT2D eigenvalue weighted by molar-refractivity contribution is 5.85. The van der Waals surface area contributed by atoms with E-state index >= 15 is 0 Å². The van der Waals surface area contributed by atoms with Gasteiger partial charge in [-0.25, -0.2) is 0 Å². The first-order valence-electron chi connectivity index (χ1n) is 4.60. The lowest BCUT2D eigenvalue weighted by Crippen LogP contribution is -2.25. The van der Waals surface area contributed by atoms with Gasteiger partial charge in [0.1, 0.15) is 5.76 Å². The van der Waals surface area contributed by atoms with Crippen LogP contribution in [0.25, 0.3) is 0 Å². The van der Waals surface area contributed by atoms with Gasteiger partial charge >= 0.3 is 0 Å². The molecule has 0 fully saturated rings. The fourth-order valence-electron chi connectivity index (χ4n) is 1.57. The van der Waals surface area contributed by atoms with E-state index in [0.29, 0.717) is 12.5 Å². The summed E-state index contributed by atoms with van der Waals surface area (Å²) in [6.07, 6.45) is 0.936. The minimum Gasteiger partial charge on any atom is -0.476 e. The topological polar surface area (TPSA) is 38.5 Å². The van der Waals surface area contributed by atoms with Gasteiger partial charge in [-0.05, 0) is 19.1 Å². The standard InChI is InChI=1S/C9H14N2O2.ClH/c1-3-12-9-7-6-11(2)5-4-8(7)13-10-9;/h3-6H2,1-2H3;1H. The first-order valence-corrected chi connectivity index (χ1v) is 4.60. The SMILES string of the molecule is CCOc1noc2c1CN(C)CC2.Cl. The molecule has 0 N–H and O–H groups in total. The number of likely N-dealkylation sites (N-methyl/N-ethyl adjacent to an activating group) is 1. The predicted molar refractivity (Wildman–Crippen MR) is 55.0 cm³/mol. The van der Waals surface area contributed by atoms with Gasteiger partial charge in [0.15, 0.2) is 0 Å². The van der Waals surface area contributed by atoms with E-state index in [4.69, 9.17) is 9.26 Å². The Hall–Kier alpha value is -0.740. The quantitative estimate of drug-likeness (QED) is 0.754. The Morgan fingerprint density at radius 2 is 2.36 bits per heavy atom. The first kappa shape index (κ1) is 11.3. The molecule has 1 aromatic rings. The zero-order chi connectivity index (χ0) is 9.26. The van der Waals surface area contributed by atoms with Crippen LogP contribution in [0, 0.1) is 0 Å². The summed E-state index contributed by atoms with van der Waals surface area (Å²) in [7, 11) is 2.09. The Morgan fingerprint density at radius 1 is 1.57 bits per heavy atom. The van der Waals surface area contributed by atoms with Gasteiger partial charge in [-0.1, -0.05) is 0 Å². The van der Waals surface area contributed by atoms with Gasteiger partial charge in [0, 0.05) is 19.5 Å². The third-order valence-corrected chi connectivity index (χ3v) is 2.26. The molecule has 1 aliphatic heterocycles. The molecule has 2 heterocycles. The molecule has 0 atom stereocenters. The summed E-state index contributed by atoms with van der Waals surface area (Å²) in [4.78, 5) is 2.24. The Morgan fingerprint density at radius 3 is 3.07 bits per heavy atom. The number of halogens is 1. The van der Waals surface area contributed by atoms with Crippen molar-refractivity contribution >= 4 is 12.4 Å². The van der Waals surface area contributed by atoms with Crippen LogP contribution in [-0.2, 0) is 13.0 Å². The van der Waals surface area contributed by atoms with Crippen LogP contribution in [0.15, 0.2) is 4.52 Å². The summed E-state index contributed by atoms with van der Waals surface area (Å²) < 4.78 is 10.5. The highest BCUT2D eigenvalue weighted by atomic mass is 35.5. The monoisotopic (exact) mass is 218 g/mol. The summed E-state index contributed by atoms with van der Waals surface area (Å²) in [5.41, 5.74) is 1.12. The average Bonchev–Trinajstić information content (AvgIpc) is 2.49. The van der Waals surface area contributed by atoms with E-state index < -0.39 is 0 Å². The molecular weight excluding hydrogens is 204 g/mol. The van der Waals surface area contributed by atoms with Crippen LogP contribution in [0.3, 0.4) is 0 Å². The van der Waals surface area contributed by atoms with Gasteiger partial charge in [-0.15, -0.1) is 12.4 Å². The number of hydrogen-bond donors (Lipinski definition) is 0. The van der Waals surface area contributed by atoms with E-state index in [9.17, 15) is 0 Å². The van der Waals surface area contributed by atoms with Crippen LogP contribution >= 0.6 is 12.4 Å². The number of hydrogen-bond acceptors (Lipinski definition) is 4. The van der Waals surface area contributed by atoms with E-state index in [1.807, 2.05) is 6.92 Å². The zero-order valence-electron chi connectivity index (χ0n) is 8.45. The molecule has 0 amide bonds. The molecular formula is C9H15ClN2O2. The maximum Gasteiger partial charge on any atom is 0.258 e. The minimum atomic E-state index is 0. The lowest BCUT2D eigenvalue weighted by molar-refractivity contribution is 0.281. The average molecular weight is 219 g/mol. The molecule has 1 aliphatic rings. The summed E-state index contributed by atoms with van der Waals surface area (Å²) in [5, 5.41) is 3.90. The molecule has 14 heavy (non-hydrogen) atoms. The van der Waals surface area contributed by atoms with Crippen molar-refractivity contribution in [3.8, 4) is 5.88 Å². The van der Waals surface area contributed by atoms with Gasteiger partial charge in [0.2, 0.25) is 0 Å². The minimum absolute atomic E-state index is 0. The van der Waals surface area contributed by atoms with Crippen LogP contribution in [0.5, 0.6) is 5.88 Å². The van der Waals surface area contributed by atoms with Gasteiger partial charge in [-0.3, -0.25) is 0 Å². The number of aromatic nitrogens is 1. The molecule has 80 valence electrons. The highest BCUT2D eigenvalue weighted by Crippen LogP contribution is 2.26. The second-order valence-corrected chi connectivity index (χ2v) is 3.31. The molecule has 0 bridgehead atoms. The molecule has 0 saturated heterocycles. The Labute approximate surface area is 89.6 Å². The van der Waals surface area contributed by atoms with Crippen molar-refractivity contribution in [2.24, 2.45) is 0 Å². The lowest BCUT2D eigenvalue weighted by atomic mass is 10.1. The molecule has 0 aliphatic carbocycles. The number of ether oxygens (including phenoxy) is 1. The van der Waals surface area contributed by atoms with E-state index in [0.717, 1.165) is 30.8 Å². The van der Waals surface area contributed by atoms with Crippen molar-refractivity contribution in [2.75, 3.05) is 20.2 Å². The molecule has 0 aromatic carbocycles. The van der Waals surface area contributed by atoms with Crippen molar-refractivity contribution < 1.29 is 9.26 Å². The third kappa shape index (κ3) is 2.01. The third-order valence-electron chi connectivity index (χ3n) is 2.26. The second kappa shape index (κ2) is 4.66. The summed E-state index contributed by atoms with van der Waals surface area (Å²) in [5.74, 6) is 1.66. The predicted octanol–water partition coefficient (Wildman–Crippen LogP) is 1.48. The molecule has 0 unspecified atom stereocenters. The number of fused-ring (bicyclic) bond motifs is 1. The van der Waals surface area contributed by atoms with Gasteiger partial charge in [-0.2, -0.15) is 0 Å². The fourth-order valence-corrected chi connectivity index (χ4v) is 1.57. The van der Waals surface area contributed by atoms with Crippen LogP contribution < -0.4 is 4.74 Å². The largest absolute Gasteiger partial charge is 0.476 e. The first-order chi connectivity index (χ1) is 6.31. The Bertz CT molecular complexity index is 301. The molecule has 4 nitrogen and oxygen atoms in total. The van der Waals surface area contributed by atoms with Crippen LogP contribution in [0.2, 0.25) is 0 Å². The van der Waals surface area contributed by atoms with Gasteiger partial charge in [0.05, 0.1) is 12.2 Å². The Balaban J connectivity index is 0.000000980. The summed E-state index contributed by atoms with van der Waals surface area (Å²) in [6, 6.07) is 0. The van der Waals surface area contributed by atoms with Crippen LogP contribution in [0.1, 0.15) is 18.2 Å². The van der Waals surface area contributed by atoms with Gasteiger partial charge in [0.25, 0.3) is 5.88 Å². The van der Waals surface area contributed by atoms with Crippen LogP contribution in [-0.4, -0.2) is 30.3 Å². The summed E-state index contributed by atoms with van der Waals surface area (Å²) >= 11 is 0. The van der Waals surface area contributed by atoms with Crippen molar-refractivity contribution in [3.63, 3.8) is 0 Å². The van der Waals surface area contributed by atoms with Crippen molar-refractivity contribution in [2.45, 2.75) is 19.9 Å². The maximum atomic E-state index is 5.36. The smallest absolute Gasteiger partial charge is 0.258 e. The molecule has 2 rings (SSSR count). The molecule has 5 heteroatoms. The normalized spacial score (nSPS) is 15.9. The molecule has 0 saturated carbocycles. The maximum absolute atomic E-state index is 5.36. The highest BCUT2D eigenvalue weighted by Gasteiger charge is 2.22.